The average Bonchev–Trinajstić information content (AvgIpc) is 2.57. The molecule has 90 valence electrons. The zero-order valence-electron chi connectivity index (χ0n) is 9.90. The number of thiazole rings is 1. The molecule has 1 N–H and O–H groups in total. The lowest BCUT2D eigenvalue weighted by molar-refractivity contribution is -0.0989. The Morgan fingerprint density at radius 2 is 2.38 bits per heavy atom. The third-order valence-corrected chi connectivity index (χ3v) is 4.24. The number of rotatable bonds is 5. The molecule has 0 aliphatic heterocycles. The molecule has 3 nitrogen and oxygen atoms in total. The lowest BCUT2D eigenvalue weighted by Crippen LogP contribution is -2.42. The zero-order chi connectivity index (χ0) is 11.6. The van der Waals surface area contributed by atoms with E-state index in [1.54, 1.807) is 18.4 Å². The van der Waals surface area contributed by atoms with Gasteiger partial charge in [-0.25, -0.2) is 4.98 Å². The first-order chi connectivity index (χ1) is 7.63. The van der Waals surface area contributed by atoms with Gasteiger partial charge in [0.1, 0.15) is 0 Å². The van der Waals surface area contributed by atoms with Crippen molar-refractivity contribution < 1.29 is 9.84 Å². The van der Waals surface area contributed by atoms with E-state index in [0.29, 0.717) is 6.42 Å². The lowest BCUT2D eigenvalue weighted by Gasteiger charge is -2.41. The van der Waals surface area contributed by atoms with Crippen molar-refractivity contribution in [3.63, 3.8) is 0 Å². The molecule has 2 rings (SSSR count). The van der Waals surface area contributed by atoms with Gasteiger partial charge in [-0.15, -0.1) is 11.3 Å². The molecule has 4 heteroatoms. The van der Waals surface area contributed by atoms with Gasteiger partial charge in [0.2, 0.25) is 0 Å². The number of aromatic nitrogens is 1. The molecule has 0 spiro atoms. The molecule has 0 bridgehead atoms. The molecule has 1 aliphatic carbocycles. The van der Waals surface area contributed by atoms with Crippen LogP contribution >= 0.6 is 11.3 Å². The van der Waals surface area contributed by atoms with Crippen molar-refractivity contribution in [1.82, 2.24) is 4.98 Å². The number of ether oxygens (including phenoxy) is 1. The maximum Gasteiger partial charge on any atom is 0.0897 e. The van der Waals surface area contributed by atoms with E-state index in [-0.39, 0.29) is 11.7 Å². The Morgan fingerprint density at radius 1 is 1.62 bits per heavy atom. The summed E-state index contributed by atoms with van der Waals surface area (Å²) in [6.45, 7) is 1.99. The number of aryl methyl sites for hydroxylation is 1. The normalized spacial score (nSPS) is 20.4. The number of aliphatic hydroxyl groups is 1. The molecule has 1 fully saturated rings. The molecule has 1 atom stereocenters. The van der Waals surface area contributed by atoms with Crippen molar-refractivity contribution in [2.45, 2.75) is 50.7 Å². The van der Waals surface area contributed by atoms with Crippen LogP contribution in [0.5, 0.6) is 0 Å². The minimum atomic E-state index is -0.332. The van der Waals surface area contributed by atoms with Gasteiger partial charge in [-0.05, 0) is 26.2 Å². The highest BCUT2D eigenvalue weighted by Crippen LogP contribution is 2.39. The summed E-state index contributed by atoms with van der Waals surface area (Å²) >= 11 is 1.64. The fraction of sp³-hybridized carbons (Fsp3) is 0.750. The SMILES string of the molecule is COC1(CC(O)Cc2csc(C)n2)CCC1. The van der Waals surface area contributed by atoms with Gasteiger partial charge in [0.25, 0.3) is 0 Å². The first kappa shape index (κ1) is 12.0. The smallest absolute Gasteiger partial charge is 0.0897 e. The van der Waals surface area contributed by atoms with Gasteiger partial charge in [-0.2, -0.15) is 0 Å². The Labute approximate surface area is 100 Å². The van der Waals surface area contributed by atoms with Crippen molar-refractivity contribution in [3.05, 3.63) is 16.1 Å². The maximum absolute atomic E-state index is 10.0. The third-order valence-electron chi connectivity index (χ3n) is 3.42. The van der Waals surface area contributed by atoms with E-state index in [1.807, 2.05) is 12.3 Å². The number of aliphatic hydroxyl groups excluding tert-OH is 1. The number of methoxy groups -OCH3 is 1. The van der Waals surface area contributed by atoms with Crippen LogP contribution in [0.25, 0.3) is 0 Å². The second-order valence-corrected chi connectivity index (χ2v) is 5.72. The van der Waals surface area contributed by atoms with Crippen molar-refractivity contribution in [1.29, 1.82) is 0 Å². The predicted molar refractivity (Wildman–Crippen MR) is 64.8 cm³/mol. The molecule has 1 aromatic heterocycles. The molecule has 0 amide bonds. The summed E-state index contributed by atoms with van der Waals surface area (Å²) in [4.78, 5) is 4.37. The lowest BCUT2D eigenvalue weighted by atomic mass is 9.75. The summed E-state index contributed by atoms with van der Waals surface area (Å²) in [7, 11) is 1.75. The Morgan fingerprint density at radius 3 is 2.81 bits per heavy atom. The summed E-state index contributed by atoms with van der Waals surface area (Å²) in [5, 5.41) is 13.1. The van der Waals surface area contributed by atoms with Crippen LogP contribution in [0.4, 0.5) is 0 Å². The Hall–Kier alpha value is -0.450. The highest BCUT2D eigenvalue weighted by molar-refractivity contribution is 7.09. The van der Waals surface area contributed by atoms with Gasteiger partial charge in [0.05, 0.1) is 22.4 Å². The third kappa shape index (κ3) is 2.62. The van der Waals surface area contributed by atoms with Gasteiger partial charge in [0.15, 0.2) is 0 Å². The zero-order valence-corrected chi connectivity index (χ0v) is 10.7. The summed E-state index contributed by atoms with van der Waals surface area (Å²) < 4.78 is 5.51. The minimum Gasteiger partial charge on any atom is -0.393 e. The molecule has 0 radical (unpaired) electrons. The predicted octanol–water partition coefficient (Wildman–Crippen LogP) is 2.31. The molecule has 1 aromatic rings. The van der Waals surface area contributed by atoms with Crippen molar-refractivity contribution >= 4 is 11.3 Å². The second-order valence-electron chi connectivity index (χ2n) is 4.66. The van der Waals surface area contributed by atoms with E-state index < -0.39 is 0 Å². The van der Waals surface area contributed by atoms with Crippen molar-refractivity contribution in [2.24, 2.45) is 0 Å². The summed E-state index contributed by atoms with van der Waals surface area (Å²) in [6.07, 6.45) is 4.43. The van der Waals surface area contributed by atoms with Gasteiger partial charge in [-0.3, -0.25) is 0 Å². The topological polar surface area (TPSA) is 42.4 Å². The van der Waals surface area contributed by atoms with Crippen LogP contribution in [0.1, 0.15) is 36.4 Å². The summed E-state index contributed by atoms with van der Waals surface area (Å²) in [6, 6.07) is 0. The van der Waals surface area contributed by atoms with E-state index in [4.69, 9.17) is 4.74 Å². The quantitative estimate of drug-likeness (QED) is 0.860. The molecule has 16 heavy (non-hydrogen) atoms. The van der Waals surface area contributed by atoms with Crippen LogP contribution in [0.3, 0.4) is 0 Å². The van der Waals surface area contributed by atoms with Crippen molar-refractivity contribution in [2.75, 3.05) is 7.11 Å². The van der Waals surface area contributed by atoms with Gasteiger partial charge < -0.3 is 9.84 Å². The fourth-order valence-electron chi connectivity index (χ4n) is 2.31. The van der Waals surface area contributed by atoms with E-state index in [9.17, 15) is 5.11 Å². The molecule has 1 heterocycles. The monoisotopic (exact) mass is 241 g/mol. The summed E-state index contributed by atoms with van der Waals surface area (Å²) in [5.74, 6) is 0. The van der Waals surface area contributed by atoms with Crippen LogP contribution in [0, 0.1) is 6.92 Å². The van der Waals surface area contributed by atoms with Crippen LogP contribution in [0.2, 0.25) is 0 Å². The highest BCUT2D eigenvalue weighted by Gasteiger charge is 2.38. The largest absolute Gasteiger partial charge is 0.393 e. The van der Waals surface area contributed by atoms with Crippen LogP contribution in [0.15, 0.2) is 5.38 Å². The number of hydrogen-bond acceptors (Lipinski definition) is 4. The van der Waals surface area contributed by atoms with E-state index in [2.05, 4.69) is 4.98 Å². The molecular weight excluding hydrogens is 222 g/mol. The molecule has 1 unspecified atom stereocenters. The first-order valence-electron chi connectivity index (χ1n) is 5.78. The molecule has 0 saturated heterocycles. The van der Waals surface area contributed by atoms with Crippen LogP contribution in [-0.2, 0) is 11.2 Å². The minimum absolute atomic E-state index is 0.0511. The van der Waals surface area contributed by atoms with Crippen LogP contribution in [-0.4, -0.2) is 28.9 Å². The average molecular weight is 241 g/mol. The van der Waals surface area contributed by atoms with Gasteiger partial charge in [0, 0.05) is 25.3 Å². The summed E-state index contributed by atoms with van der Waals surface area (Å²) in [5.41, 5.74) is 0.949. The molecule has 1 aliphatic rings. The van der Waals surface area contributed by atoms with E-state index in [0.717, 1.165) is 30.0 Å². The standard InChI is InChI=1S/C12H19NO2S/c1-9-13-10(8-16-9)6-11(14)7-12(15-2)4-3-5-12/h8,11,14H,3-7H2,1-2H3. The Balaban J connectivity index is 1.86. The molecule has 0 aromatic carbocycles. The first-order valence-corrected chi connectivity index (χ1v) is 6.66. The molecular formula is C12H19NO2S. The fourth-order valence-corrected chi connectivity index (χ4v) is 2.93. The van der Waals surface area contributed by atoms with Gasteiger partial charge >= 0.3 is 0 Å². The maximum atomic E-state index is 10.0. The van der Waals surface area contributed by atoms with E-state index in [1.165, 1.54) is 6.42 Å². The Bertz CT molecular complexity index is 341. The Kier molecular flexibility index (Phi) is 3.62. The second kappa shape index (κ2) is 4.82. The van der Waals surface area contributed by atoms with E-state index >= 15 is 0 Å². The molecule has 1 saturated carbocycles. The number of hydrogen-bond donors (Lipinski definition) is 1. The van der Waals surface area contributed by atoms with Gasteiger partial charge in [-0.1, -0.05) is 0 Å². The number of nitrogens with zero attached hydrogens (tertiary/aromatic N) is 1. The van der Waals surface area contributed by atoms with Crippen LogP contribution < -0.4 is 0 Å². The van der Waals surface area contributed by atoms with Crippen molar-refractivity contribution in [3.8, 4) is 0 Å². The highest BCUT2D eigenvalue weighted by atomic mass is 32.1.